The number of nitrogens with one attached hydrogen (secondary N) is 1. The minimum absolute atomic E-state index is 0.208. The second kappa shape index (κ2) is 9.03. The second-order valence-corrected chi connectivity index (χ2v) is 6.55. The van der Waals surface area contributed by atoms with E-state index in [0.717, 1.165) is 43.1 Å². The van der Waals surface area contributed by atoms with Crippen LogP contribution in [0.1, 0.15) is 16.3 Å². The Morgan fingerprint density at radius 1 is 1.20 bits per heavy atom. The van der Waals surface area contributed by atoms with Gasteiger partial charge in [-0.1, -0.05) is 12.1 Å². The highest BCUT2D eigenvalue weighted by atomic mass is 79.9. The van der Waals surface area contributed by atoms with Gasteiger partial charge >= 0.3 is 0 Å². The average Bonchev–Trinajstić information content (AvgIpc) is 3.11. The monoisotopic (exact) mass is 408 g/mol. The fourth-order valence-electron chi connectivity index (χ4n) is 2.53. The van der Waals surface area contributed by atoms with E-state index in [9.17, 15) is 4.79 Å². The third kappa shape index (κ3) is 5.32. The number of ether oxygens (including phenoxy) is 2. The van der Waals surface area contributed by atoms with Gasteiger partial charge in [0, 0.05) is 26.2 Å². The van der Waals surface area contributed by atoms with Crippen molar-refractivity contribution in [2.45, 2.75) is 6.61 Å². The first kappa shape index (κ1) is 18.0. The van der Waals surface area contributed by atoms with Gasteiger partial charge in [0.2, 0.25) is 0 Å². The minimum Gasteiger partial charge on any atom is -0.484 e. The number of amides is 1. The maximum Gasteiger partial charge on any atom is 0.287 e. The van der Waals surface area contributed by atoms with Crippen LogP contribution >= 0.6 is 15.9 Å². The van der Waals surface area contributed by atoms with Crippen molar-refractivity contribution in [1.82, 2.24) is 10.2 Å². The van der Waals surface area contributed by atoms with Gasteiger partial charge in [-0.15, -0.1) is 0 Å². The summed E-state index contributed by atoms with van der Waals surface area (Å²) in [6.07, 6.45) is 0. The Morgan fingerprint density at radius 2 is 2.00 bits per heavy atom. The van der Waals surface area contributed by atoms with Crippen LogP contribution in [-0.4, -0.2) is 50.2 Å². The molecule has 3 rings (SSSR count). The van der Waals surface area contributed by atoms with Crippen LogP contribution in [0, 0.1) is 0 Å². The molecule has 1 fully saturated rings. The molecule has 2 heterocycles. The molecule has 1 N–H and O–H groups in total. The van der Waals surface area contributed by atoms with Crippen molar-refractivity contribution in [3.63, 3.8) is 0 Å². The van der Waals surface area contributed by atoms with Crippen LogP contribution in [0.15, 0.2) is 45.3 Å². The molecule has 0 saturated carbocycles. The summed E-state index contributed by atoms with van der Waals surface area (Å²) in [6, 6.07) is 11.0. The number of nitrogens with zero attached hydrogens (tertiary/aromatic N) is 1. The van der Waals surface area contributed by atoms with Gasteiger partial charge in [-0.2, -0.15) is 0 Å². The van der Waals surface area contributed by atoms with Crippen molar-refractivity contribution < 1.29 is 18.7 Å². The van der Waals surface area contributed by atoms with Gasteiger partial charge in [0.1, 0.15) is 18.1 Å². The summed E-state index contributed by atoms with van der Waals surface area (Å²) in [7, 11) is 0. The van der Waals surface area contributed by atoms with E-state index in [4.69, 9.17) is 13.9 Å². The zero-order valence-corrected chi connectivity index (χ0v) is 15.5. The summed E-state index contributed by atoms with van der Waals surface area (Å²) in [5, 5.41) is 2.88. The predicted octanol–water partition coefficient (Wildman–Crippen LogP) is 2.68. The first-order valence-electron chi connectivity index (χ1n) is 8.27. The van der Waals surface area contributed by atoms with Gasteiger partial charge in [-0.25, -0.2) is 0 Å². The number of hydrogen-bond acceptors (Lipinski definition) is 5. The van der Waals surface area contributed by atoms with Gasteiger partial charge in [-0.3, -0.25) is 9.69 Å². The van der Waals surface area contributed by atoms with Crippen LogP contribution in [0.5, 0.6) is 5.75 Å². The lowest BCUT2D eigenvalue weighted by molar-refractivity contribution is 0.0382. The molecule has 0 atom stereocenters. The number of morpholine rings is 1. The zero-order chi connectivity index (χ0) is 17.5. The molecule has 1 aliphatic heterocycles. The van der Waals surface area contributed by atoms with E-state index in [1.165, 1.54) is 0 Å². The molecule has 25 heavy (non-hydrogen) atoms. The Kier molecular flexibility index (Phi) is 6.49. The fourth-order valence-corrected chi connectivity index (χ4v) is 2.93. The highest BCUT2D eigenvalue weighted by molar-refractivity contribution is 9.10. The summed E-state index contributed by atoms with van der Waals surface area (Å²) in [5.74, 6) is 1.43. The molecule has 0 aliphatic carbocycles. The Hall–Kier alpha value is -1.83. The SMILES string of the molecule is O=C(NCCN1CCOCC1)c1ccc(COc2ccccc2Br)o1. The van der Waals surface area contributed by atoms with Gasteiger partial charge in [0.25, 0.3) is 5.91 Å². The van der Waals surface area contributed by atoms with E-state index < -0.39 is 0 Å². The summed E-state index contributed by atoms with van der Waals surface area (Å²) in [4.78, 5) is 14.4. The first-order valence-corrected chi connectivity index (χ1v) is 9.06. The summed E-state index contributed by atoms with van der Waals surface area (Å²) in [5.41, 5.74) is 0. The molecular formula is C18H21BrN2O4. The first-order chi connectivity index (χ1) is 12.2. The zero-order valence-electron chi connectivity index (χ0n) is 13.9. The maximum absolute atomic E-state index is 12.1. The van der Waals surface area contributed by atoms with Crippen LogP contribution in [-0.2, 0) is 11.3 Å². The van der Waals surface area contributed by atoms with E-state index in [-0.39, 0.29) is 12.5 Å². The van der Waals surface area contributed by atoms with Crippen molar-refractivity contribution in [2.24, 2.45) is 0 Å². The Bertz CT molecular complexity index is 698. The largest absolute Gasteiger partial charge is 0.484 e. The number of furan rings is 1. The number of halogens is 1. The number of para-hydroxylation sites is 1. The molecule has 1 aromatic heterocycles. The molecule has 0 unspecified atom stereocenters. The molecular weight excluding hydrogens is 388 g/mol. The second-order valence-electron chi connectivity index (χ2n) is 5.69. The number of benzene rings is 1. The number of carbonyl (C=O) groups is 1. The van der Waals surface area contributed by atoms with Crippen molar-refractivity contribution >= 4 is 21.8 Å². The Labute approximate surface area is 155 Å². The van der Waals surface area contributed by atoms with Gasteiger partial charge < -0.3 is 19.2 Å². The third-order valence-electron chi connectivity index (χ3n) is 3.91. The van der Waals surface area contributed by atoms with Gasteiger partial charge in [0.15, 0.2) is 5.76 Å². The molecule has 6 nitrogen and oxygen atoms in total. The normalized spacial score (nSPS) is 15.1. The Morgan fingerprint density at radius 3 is 2.80 bits per heavy atom. The highest BCUT2D eigenvalue weighted by Gasteiger charge is 2.13. The molecule has 1 amide bonds. The van der Waals surface area contributed by atoms with Crippen molar-refractivity contribution in [2.75, 3.05) is 39.4 Å². The lowest BCUT2D eigenvalue weighted by Crippen LogP contribution is -2.41. The number of rotatable bonds is 7. The van der Waals surface area contributed by atoms with Crippen LogP contribution in [0.4, 0.5) is 0 Å². The molecule has 0 radical (unpaired) electrons. The number of carbonyl (C=O) groups excluding carboxylic acids is 1. The minimum atomic E-state index is -0.208. The molecule has 7 heteroatoms. The Balaban J connectivity index is 1.44. The van der Waals surface area contributed by atoms with Crippen LogP contribution < -0.4 is 10.1 Å². The molecule has 134 valence electrons. The van der Waals surface area contributed by atoms with Gasteiger partial charge in [-0.05, 0) is 40.2 Å². The molecule has 0 spiro atoms. The third-order valence-corrected chi connectivity index (χ3v) is 4.56. The van der Waals surface area contributed by atoms with Crippen LogP contribution in [0.25, 0.3) is 0 Å². The van der Waals surface area contributed by atoms with E-state index in [0.29, 0.717) is 18.1 Å². The number of hydrogen-bond donors (Lipinski definition) is 1. The average molecular weight is 409 g/mol. The van der Waals surface area contributed by atoms with Crippen LogP contribution in [0.3, 0.4) is 0 Å². The lowest BCUT2D eigenvalue weighted by Gasteiger charge is -2.26. The molecule has 1 aromatic carbocycles. The topological polar surface area (TPSA) is 63.9 Å². The van der Waals surface area contributed by atoms with E-state index in [1.807, 2.05) is 24.3 Å². The molecule has 1 saturated heterocycles. The molecule has 0 bridgehead atoms. The lowest BCUT2D eigenvalue weighted by atomic mass is 10.3. The van der Waals surface area contributed by atoms with E-state index in [1.54, 1.807) is 12.1 Å². The fraction of sp³-hybridized carbons (Fsp3) is 0.389. The highest BCUT2D eigenvalue weighted by Crippen LogP contribution is 2.24. The maximum atomic E-state index is 12.1. The summed E-state index contributed by atoms with van der Waals surface area (Å²) >= 11 is 3.43. The smallest absolute Gasteiger partial charge is 0.287 e. The van der Waals surface area contributed by atoms with Crippen molar-refractivity contribution in [1.29, 1.82) is 0 Å². The summed E-state index contributed by atoms with van der Waals surface area (Å²) < 4.78 is 17.4. The molecule has 2 aromatic rings. The van der Waals surface area contributed by atoms with E-state index in [2.05, 4.69) is 26.1 Å². The van der Waals surface area contributed by atoms with Gasteiger partial charge in [0.05, 0.1) is 17.7 Å². The van der Waals surface area contributed by atoms with Crippen molar-refractivity contribution in [3.8, 4) is 5.75 Å². The standard InChI is InChI=1S/C18H21BrN2O4/c19-15-3-1-2-4-16(15)24-13-14-5-6-17(25-14)18(22)20-7-8-21-9-11-23-12-10-21/h1-6H,7-13H2,(H,20,22). The predicted molar refractivity (Wildman–Crippen MR) is 96.8 cm³/mol. The quantitative estimate of drug-likeness (QED) is 0.762. The van der Waals surface area contributed by atoms with E-state index >= 15 is 0 Å². The van der Waals surface area contributed by atoms with Crippen molar-refractivity contribution in [3.05, 3.63) is 52.4 Å². The van der Waals surface area contributed by atoms with Crippen LogP contribution in [0.2, 0.25) is 0 Å². The molecule has 1 aliphatic rings. The summed E-state index contributed by atoms with van der Waals surface area (Å²) in [6.45, 7) is 5.00.